The molecule has 7 heteroatoms. The van der Waals surface area contributed by atoms with Crippen molar-refractivity contribution < 1.29 is 8.42 Å². The van der Waals surface area contributed by atoms with Gasteiger partial charge in [0.1, 0.15) is 10.7 Å². The zero-order chi connectivity index (χ0) is 15.2. The summed E-state index contributed by atoms with van der Waals surface area (Å²) in [7, 11) is 0.428. The van der Waals surface area contributed by atoms with Crippen molar-refractivity contribution in [2.75, 3.05) is 32.5 Å². The Bertz CT molecular complexity index is 500. The van der Waals surface area contributed by atoms with E-state index in [1.165, 1.54) is 6.20 Å². The number of anilines is 1. The van der Waals surface area contributed by atoms with Crippen LogP contribution in [0.5, 0.6) is 0 Å². The van der Waals surface area contributed by atoms with Crippen molar-refractivity contribution in [3.8, 4) is 0 Å². The molecule has 20 heavy (non-hydrogen) atoms. The van der Waals surface area contributed by atoms with Gasteiger partial charge in [-0.1, -0.05) is 0 Å². The maximum atomic E-state index is 12.2. The van der Waals surface area contributed by atoms with Crippen LogP contribution in [0.1, 0.15) is 20.3 Å². The Kier molecular flexibility index (Phi) is 6.38. The second kappa shape index (κ2) is 7.56. The minimum absolute atomic E-state index is 0.115. The molecular weight excluding hydrogens is 276 g/mol. The first-order chi connectivity index (χ1) is 9.35. The highest BCUT2D eigenvalue weighted by molar-refractivity contribution is 7.89. The van der Waals surface area contributed by atoms with E-state index in [1.807, 2.05) is 32.8 Å². The molecule has 1 aromatic heterocycles. The molecule has 114 valence electrons. The Labute approximate surface area is 121 Å². The molecule has 0 spiro atoms. The average Bonchev–Trinajstić information content (AvgIpc) is 2.37. The van der Waals surface area contributed by atoms with Crippen LogP contribution in [0.3, 0.4) is 0 Å². The summed E-state index contributed by atoms with van der Waals surface area (Å²) in [5.41, 5.74) is 0. The summed E-state index contributed by atoms with van der Waals surface area (Å²) in [6.07, 6.45) is 2.13. The van der Waals surface area contributed by atoms with Crippen LogP contribution < -0.4 is 10.0 Å². The Morgan fingerprint density at radius 3 is 2.55 bits per heavy atom. The van der Waals surface area contributed by atoms with Gasteiger partial charge in [0.15, 0.2) is 0 Å². The lowest BCUT2D eigenvalue weighted by Gasteiger charge is -2.16. The fraction of sp³-hybridized carbons (Fsp3) is 0.615. The summed E-state index contributed by atoms with van der Waals surface area (Å²) in [6.45, 7) is 5.40. The molecule has 1 atom stereocenters. The zero-order valence-electron chi connectivity index (χ0n) is 12.5. The lowest BCUT2D eigenvalue weighted by atomic mass is 10.2. The number of aromatic nitrogens is 1. The van der Waals surface area contributed by atoms with E-state index in [-0.39, 0.29) is 10.9 Å². The first-order valence-electron chi connectivity index (χ1n) is 6.72. The minimum Gasteiger partial charge on any atom is -0.370 e. The van der Waals surface area contributed by atoms with E-state index in [0.717, 1.165) is 19.5 Å². The normalized spacial score (nSPS) is 13.4. The van der Waals surface area contributed by atoms with Gasteiger partial charge in [-0.05, 0) is 53.0 Å². The summed E-state index contributed by atoms with van der Waals surface area (Å²) in [5.74, 6) is 0.673. The third-order valence-corrected chi connectivity index (χ3v) is 4.34. The molecule has 6 nitrogen and oxygen atoms in total. The zero-order valence-corrected chi connectivity index (χ0v) is 13.4. The van der Waals surface area contributed by atoms with Gasteiger partial charge in [-0.2, -0.15) is 0 Å². The third kappa shape index (κ3) is 5.44. The highest BCUT2D eigenvalue weighted by atomic mass is 32.2. The van der Waals surface area contributed by atoms with Crippen LogP contribution in [0.15, 0.2) is 23.2 Å². The second-order valence-corrected chi connectivity index (χ2v) is 6.74. The Hall–Kier alpha value is -1.18. The fourth-order valence-corrected chi connectivity index (χ4v) is 2.89. The molecule has 0 saturated carbocycles. The van der Waals surface area contributed by atoms with Gasteiger partial charge in [0.05, 0.1) is 0 Å². The SMILES string of the molecule is CCNc1ccc(S(=O)(=O)NC(C)CCN(C)C)cn1. The summed E-state index contributed by atoms with van der Waals surface area (Å²) >= 11 is 0. The molecule has 0 aliphatic carbocycles. The van der Waals surface area contributed by atoms with Crippen molar-refractivity contribution >= 4 is 15.8 Å². The Morgan fingerprint density at radius 2 is 2.05 bits per heavy atom. The first kappa shape index (κ1) is 16.9. The highest BCUT2D eigenvalue weighted by Crippen LogP contribution is 2.11. The van der Waals surface area contributed by atoms with Gasteiger partial charge in [0.25, 0.3) is 0 Å². The lowest BCUT2D eigenvalue weighted by molar-refractivity contribution is 0.379. The van der Waals surface area contributed by atoms with Gasteiger partial charge in [-0.3, -0.25) is 0 Å². The van der Waals surface area contributed by atoms with E-state index in [4.69, 9.17) is 0 Å². The predicted octanol–water partition coefficient (Wildman–Crippen LogP) is 1.13. The molecule has 2 N–H and O–H groups in total. The predicted molar refractivity (Wildman–Crippen MR) is 81.4 cm³/mol. The molecule has 0 amide bonds. The Morgan fingerprint density at radius 1 is 1.35 bits per heavy atom. The van der Waals surface area contributed by atoms with E-state index in [2.05, 4.69) is 15.0 Å². The minimum atomic E-state index is -3.50. The van der Waals surface area contributed by atoms with E-state index < -0.39 is 10.0 Å². The van der Waals surface area contributed by atoms with Crippen molar-refractivity contribution in [3.05, 3.63) is 18.3 Å². The topological polar surface area (TPSA) is 74.3 Å². The molecule has 0 aromatic carbocycles. The van der Waals surface area contributed by atoms with Crippen LogP contribution in [-0.4, -0.2) is 51.5 Å². The van der Waals surface area contributed by atoms with Crippen molar-refractivity contribution in [1.29, 1.82) is 0 Å². The molecule has 0 fully saturated rings. The number of pyridine rings is 1. The molecule has 0 saturated heterocycles. The first-order valence-corrected chi connectivity index (χ1v) is 8.20. The standard InChI is InChI=1S/C13H24N4O2S/c1-5-14-13-7-6-12(10-15-13)20(18,19)16-11(2)8-9-17(3)4/h6-7,10-11,16H,5,8-9H2,1-4H3,(H,14,15). The molecule has 0 bridgehead atoms. The van der Waals surface area contributed by atoms with Crippen molar-refractivity contribution in [1.82, 2.24) is 14.6 Å². The highest BCUT2D eigenvalue weighted by Gasteiger charge is 2.17. The van der Waals surface area contributed by atoms with Gasteiger partial charge < -0.3 is 10.2 Å². The summed E-state index contributed by atoms with van der Waals surface area (Å²) in [5, 5.41) is 3.03. The van der Waals surface area contributed by atoms with Gasteiger partial charge in [0, 0.05) is 18.8 Å². The van der Waals surface area contributed by atoms with Gasteiger partial charge >= 0.3 is 0 Å². The van der Waals surface area contributed by atoms with Crippen LogP contribution >= 0.6 is 0 Å². The number of nitrogens with one attached hydrogen (secondary N) is 2. The molecule has 1 unspecified atom stereocenters. The van der Waals surface area contributed by atoms with E-state index >= 15 is 0 Å². The molecule has 1 heterocycles. The van der Waals surface area contributed by atoms with Gasteiger partial charge in [-0.15, -0.1) is 0 Å². The molecular formula is C13H24N4O2S. The largest absolute Gasteiger partial charge is 0.370 e. The Balaban J connectivity index is 2.68. The molecule has 0 radical (unpaired) electrons. The van der Waals surface area contributed by atoms with Crippen molar-refractivity contribution in [2.45, 2.75) is 31.2 Å². The van der Waals surface area contributed by atoms with E-state index in [9.17, 15) is 8.42 Å². The number of hydrogen-bond acceptors (Lipinski definition) is 5. The van der Waals surface area contributed by atoms with Gasteiger partial charge in [0.2, 0.25) is 10.0 Å². The molecule has 0 aliphatic rings. The quantitative estimate of drug-likeness (QED) is 0.753. The monoisotopic (exact) mass is 300 g/mol. The van der Waals surface area contributed by atoms with Crippen LogP contribution in [0.4, 0.5) is 5.82 Å². The second-order valence-electron chi connectivity index (χ2n) is 5.02. The van der Waals surface area contributed by atoms with Crippen molar-refractivity contribution in [2.24, 2.45) is 0 Å². The van der Waals surface area contributed by atoms with Gasteiger partial charge in [-0.25, -0.2) is 18.1 Å². The van der Waals surface area contributed by atoms with Crippen LogP contribution in [0.25, 0.3) is 0 Å². The van der Waals surface area contributed by atoms with Crippen molar-refractivity contribution in [3.63, 3.8) is 0 Å². The number of sulfonamides is 1. The number of rotatable bonds is 8. The maximum absolute atomic E-state index is 12.2. The summed E-state index contributed by atoms with van der Waals surface area (Å²) < 4.78 is 27.0. The maximum Gasteiger partial charge on any atom is 0.242 e. The van der Waals surface area contributed by atoms with E-state index in [0.29, 0.717) is 5.82 Å². The number of hydrogen-bond donors (Lipinski definition) is 2. The fourth-order valence-electron chi connectivity index (χ4n) is 1.67. The summed E-state index contributed by atoms with van der Waals surface area (Å²) in [4.78, 5) is 6.29. The smallest absolute Gasteiger partial charge is 0.242 e. The summed E-state index contributed by atoms with van der Waals surface area (Å²) in [6, 6.07) is 3.12. The van der Waals surface area contributed by atoms with Crippen LogP contribution in [-0.2, 0) is 10.0 Å². The van der Waals surface area contributed by atoms with E-state index in [1.54, 1.807) is 12.1 Å². The molecule has 1 aromatic rings. The molecule has 1 rings (SSSR count). The van der Waals surface area contributed by atoms with Crippen LogP contribution in [0, 0.1) is 0 Å². The number of nitrogens with zero attached hydrogens (tertiary/aromatic N) is 2. The van der Waals surface area contributed by atoms with Crippen LogP contribution in [0.2, 0.25) is 0 Å². The third-order valence-electron chi connectivity index (χ3n) is 2.77. The lowest BCUT2D eigenvalue weighted by Crippen LogP contribution is -2.34. The average molecular weight is 300 g/mol. The molecule has 0 aliphatic heterocycles.